The van der Waals surface area contributed by atoms with Crippen molar-refractivity contribution in [2.24, 2.45) is 0 Å². The minimum atomic E-state index is -0.378. The van der Waals surface area contributed by atoms with Gasteiger partial charge in [-0.3, -0.25) is 4.90 Å². The zero-order chi connectivity index (χ0) is 13.0. The fourth-order valence-corrected chi connectivity index (χ4v) is 2.56. The molecule has 0 saturated carbocycles. The number of piperazine rings is 1. The lowest BCUT2D eigenvalue weighted by Crippen LogP contribution is -2.47. The van der Waals surface area contributed by atoms with Crippen LogP contribution in [-0.4, -0.2) is 49.4 Å². The molecule has 0 aliphatic carbocycles. The summed E-state index contributed by atoms with van der Waals surface area (Å²) in [6.07, 6.45) is -0.378. The Labute approximate surface area is 109 Å². The summed E-state index contributed by atoms with van der Waals surface area (Å²) >= 11 is 0. The van der Waals surface area contributed by atoms with Crippen molar-refractivity contribution in [2.75, 3.05) is 33.3 Å². The first-order valence-corrected chi connectivity index (χ1v) is 6.49. The van der Waals surface area contributed by atoms with E-state index in [1.807, 2.05) is 31.2 Å². The Morgan fingerprint density at radius 3 is 2.33 bits per heavy atom. The molecule has 4 nitrogen and oxygen atoms in total. The van der Waals surface area contributed by atoms with Gasteiger partial charge in [0.15, 0.2) is 0 Å². The third kappa shape index (κ3) is 3.02. The maximum atomic E-state index is 10.1. The number of methoxy groups -OCH3 is 1. The standard InChI is InChI=1S/C14H22N2O2/c1-11(17)14(16-9-7-15-8-10-16)12-3-5-13(18-2)6-4-12/h3-6,11,14-15,17H,7-10H2,1-2H3. The van der Waals surface area contributed by atoms with Crippen molar-refractivity contribution in [3.63, 3.8) is 0 Å². The molecule has 2 unspecified atom stereocenters. The van der Waals surface area contributed by atoms with Gasteiger partial charge in [-0.1, -0.05) is 12.1 Å². The molecule has 2 rings (SSSR count). The van der Waals surface area contributed by atoms with Crippen molar-refractivity contribution in [3.05, 3.63) is 29.8 Å². The molecule has 2 atom stereocenters. The van der Waals surface area contributed by atoms with E-state index < -0.39 is 0 Å². The molecule has 1 aromatic carbocycles. The zero-order valence-corrected chi connectivity index (χ0v) is 11.1. The first kappa shape index (κ1) is 13.3. The van der Waals surface area contributed by atoms with Crippen LogP contribution < -0.4 is 10.1 Å². The summed E-state index contributed by atoms with van der Waals surface area (Å²) < 4.78 is 5.17. The number of aliphatic hydroxyl groups excluding tert-OH is 1. The van der Waals surface area contributed by atoms with Gasteiger partial charge in [-0.15, -0.1) is 0 Å². The van der Waals surface area contributed by atoms with Gasteiger partial charge >= 0.3 is 0 Å². The molecule has 1 aromatic rings. The van der Waals surface area contributed by atoms with E-state index in [2.05, 4.69) is 10.2 Å². The van der Waals surface area contributed by atoms with E-state index in [4.69, 9.17) is 4.74 Å². The third-order valence-electron chi connectivity index (χ3n) is 3.46. The normalized spacial score (nSPS) is 20.4. The summed E-state index contributed by atoms with van der Waals surface area (Å²) in [5, 5.41) is 13.4. The van der Waals surface area contributed by atoms with E-state index in [-0.39, 0.29) is 12.1 Å². The van der Waals surface area contributed by atoms with E-state index in [1.54, 1.807) is 7.11 Å². The van der Waals surface area contributed by atoms with Gasteiger partial charge in [-0.25, -0.2) is 0 Å². The molecular formula is C14H22N2O2. The largest absolute Gasteiger partial charge is 0.497 e. The molecule has 0 aromatic heterocycles. The number of nitrogens with one attached hydrogen (secondary N) is 1. The number of rotatable bonds is 4. The smallest absolute Gasteiger partial charge is 0.118 e. The Balaban J connectivity index is 2.17. The van der Waals surface area contributed by atoms with Gasteiger partial charge in [0.05, 0.1) is 19.3 Å². The van der Waals surface area contributed by atoms with Crippen LogP contribution in [0.4, 0.5) is 0 Å². The van der Waals surface area contributed by atoms with Crippen LogP contribution in [0.15, 0.2) is 24.3 Å². The van der Waals surface area contributed by atoms with E-state index in [0.717, 1.165) is 37.5 Å². The monoisotopic (exact) mass is 250 g/mol. The molecule has 0 amide bonds. The lowest BCUT2D eigenvalue weighted by molar-refractivity contribution is 0.0525. The summed E-state index contributed by atoms with van der Waals surface area (Å²) in [7, 11) is 1.66. The van der Waals surface area contributed by atoms with Gasteiger partial charge in [-0.05, 0) is 24.6 Å². The van der Waals surface area contributed by atoms with Crippen LogP contribution in [0.3, 0.4) is 0 Å². The van der Waals surface area contributed by atoms with Crippen LogP contribution in [0.25, 0.3) is 0 Å². The topological polar surface area (TPSA) is 44.7 Å². The van der Waals surface area contributed by atoms with Crippen molar-refractivity contribution in [1.82, 2.24) is 10.2 Å². The molecule has 1 fully saturated rings. The molecule has 0 spiro atoms. The SMILES string of the molecule is COc1ccc(C(C(C)O)N2CCNCC2)cc1. The van der Waals surface area contributed by atoms with Gasteiger partial charge in [0.1, 0.15) is 5.75 Å². The number of nitrogens with zero attached hydrogens (tertiary/aromatic N) is 1. The summed E-state index contributed by atoms with van der Waals surface area (Å²) in [5.41, 5.74) is 1.15. The van der Waals surface area contributed by atoms with Crippen molar-refractivity contribution < 1.29 is 9.84 Å². The fourth-order valence-electron chi connectivity index (χ4n) is 2.56. The first-order valence-electron chi connectivity index (χ1n) is 6.49. The van der Waals surface area contributed by atoms with E-state index in [1.165, 1.54) is 0 Å². The Kier molecular flexibility index (Phi) is 4.58. The second-order valence-electron chi connectivity index (χ2n) is 4.74. The zero-order valence-electron chi connectivity index (χ0n) is 11.1. The van der Waals surface area contributed by atoms with Crippen LogP contribution in [0, 0.1) is 0 Å². The Bertz CT molecular complexity index is 359. The van der Waals surface area contributed by atoms with Crippen molar-refractivity contribution >= 4 is 0 Å². The van der Waals surface area contributed by atoms with Gasteiger partial charge in [0.2, 0.25) is 0 Å². The Morgan fingerprint density at radius 1 is 1.22 bits per heavy atom. The second kappa shape index (κ2) is 6.18. The van der Waals surface area contributed by atoms with E-state index in [9.17, 15) is 5.11 Å². The molecule has 2 N–H and O–H groups in total. The maximum absolute atomic E-state index is 10.1. The highest BCUT2D eigenvalue weighted by Crippen LogP contribution is 2.26. The molecule has 100 valence electrons. The van der Waals surface area contributed by atoms with Crippen LogP contribution in [0.2, 0.25) is 0 Å². The lowest BCUT2D eigenvalue weighted by Gasteiger charge is -2.36. The minimum absolute atomic E-state index is 0.0676. The van der Waals surface area contributed by atoms with Gasteiger partial charge in [0.25, 0.3) is 0 Å². The molecule has 0 bridgehead atoms. The van der Waals surface area contributed by atoms with E-state index >= 15 is 0 Å². The van der Waals surface area contributed by atoms with Crippen LogP contribution in [0.1, 0.15) is 18.5 Å². The van der Waals surface area contributed by atoms with E-state index in [0.29, 0.717) is 0 Å². The molecule has 1 heterocycles. The number of benzene rings is 1. The summed E-state index contributed by atoms with van der Waals surface area (Å²) in [6, 6.07) is 8.05. The number of aliphatic hydroxyl groups is 1. The minimum Gasteiger partial charge on any atom is -0.497 e. The van der Waals surface area contributed by atoms with Crippen LogP contribution in [0.5, 0.6) is 5.75 Å². The molecule has 1 aliphatic rings. The second-order valence-corrected chi connectivity index (χ2v) is 4.74. The van der Waals surface area contributed by atoms with Crippen molar-refractivity contribution in [2.45, 2.75) is 19.1 Å². The highest BCUT2D eigenvalue weighted by Gasteiger charge is 2.25. The molecule has 1 aliphatic heterocycles. The van der Waals surface area contributed by atoms with Crippen LogP contribution >= 0.6 is 0 Å². The Morgan fingerprint density at radius 2 is 1.83 bits per heavy atom. The van der Waals surface area contributed by atoms with Gasteiger partial charge in [-0.2, -0.15) is 0 Å². The predicted molar refractivity (Wildman–Crippen MR) is 71.9 cm³/mol. The molecule has 0 radical (unpaired) electrons. The predicted octanol–water partition coefficient (Wildman–Crippen LogP) is 1.02. The highest BCUT2D eigenvalue weighted by molar-refractivity contribution is 5.29. The summed E-state index contributed by atoms with van der Waals surface area (Å²) in [4.78, 5) is 2.34. The molecular weight excluding hydrogens is 228 g/mol. The number of hydrogen-bond acceptors (Lipinski definition) is 4. The van der Waals surface area contributed by atoms with Gasteiger partial charge < -0.3 is 15.2 Å². The van der Waals surface area contributed by atoms with Gasteiger partial charge in [0, 0.05) is 26.2 Å². The van der Waals surface area contributed by atoms with Crippen molar-refractivity contribution in [3.8, 4) is 5.75 Å². The maximum Gasteiger partial charge on any atom is 0.118 e. The molecule has 18 heavy (non-hydrogen) atoms. The number of hydrogen-bond donors (Lipinski definition) is 2. The Hall–Kier alpha value is -1.10. The quantitative estimate of drug-likeness (QED) is 0.837. The highest BCUT2D eigenvalue weighted by atomic mass is 16.5. The summed E-state index contributed by atoms with van der Waals surface area (Å²) in [6.45, 7) is 5.78. The third-order valence-corrected chi connectivity index (χ3v) is 3.46. The summed E-state index contributed by atoms with van der Waals surface area (Å²) in [5.74, 6) is 0.850. The molecule has 4 heteroatoms. The van der Waals surface area contributed by atoms with Crippen LogP contribution in [-0.2, 0) is 0 Å². The molecule has 1 saturated heterocycles. The fraction of sp³-hybridized carbons (Fsp3) is 0.571. The first-order chi connectivity index (χ1) is 8.72. The lowest BCUT2D eigenvalue weighted by atomic mass is 10.00. The van der Waals surface area contributed by atoms with Crippen molar-refractivity contribution in [1.29, 1.82) is 0 Å². The average molecular weight is 250 g/mol. The number of ether oxygens (including phenoxy) is 1. The average Bonchev–Trinajstić information content (AvgIpc) is 2.40.